The number of carbonyl (C=O) groups excluding carboxylic acids is 1. The molecule has 3 aromatic rings. The predicted molar refractivity (Wildman–Crippen MR) is 127 cm³/mol. The number of amides is 1. The Bertz CT molecular complexity index is 1130. The van der Waals surface area contributed by atoms with E-state index >= 15 is 0 Å². The van der Waals surface area contributed by atoms with Crippen LogP contribution in [0.3, 0.4) is 0 Å². The third-order valence-corrected chi connectivity index (χ3v) is 7.22. The second-order valence-electron chi connectivity index (χ2n) is 7.24. The van der Waals surface area contributed by atoms with Gasteiger partial charge in [0.05, 0.1) is 16.6 Å². The Morgan fingerprint density at radius 2 is 1.68 bits per heavy atom. The van der Waals surface area contributed by atoms with Crippen LogP contribution in [0.1, 0.15) is 30.5 Å². The van der Waals surface area contributed by atoms with Crippen LogP contribution in [0.5, 0.6) is 0 Å². The number of nitrogens with zero attached hydrogens (tertiary/aromatic N) is 1. The molecule has 0 heterocycles. The van der Waals surface area contributed by atoms with Crippen molar-refractivity contribution >= 4 is 37.5 Å². The molecule has 3 rings (SSSR count). The zero-order chi connectivity index (χ0) is 22.4. The van der Waals surface area contributed by atoms with Crippen molar-refractivity contribution in [3.63, 3.8) is 0 Å². The van der Waals surface area contributed by atoms with Crippen LogP contribution in [0.25, 0.3) is 0 Å². The molecule has 1 atom stereocenters. The topological polar surface area (TPSA) is 66.5 Å². The fraction of sp³-hybridized carbons (Fsp3) is 0.208. The van der Waals surface area contributed by atoms with Crippen molar-refractivity contribution in [2.45, 2.75) is 31.2 Å². The van der Waals surface area contributed by atoms with Gasteiger partial charge in [0.1, 0.15) is 6.54 Å². The van der Waals surface area contributed by atoms with Crippen molar-refractivity contribution in [2.75, 3.05) is 10.8 Å². The number of hydrogen-bond acceptors (Lipinski definition) is 3. The zero-order valence-electron chi connectivity index (χ0n) is 17.5. The number of benzene rings is 3. The quantitative estimate of drug-likeness (QED) is 0.460. The van der Waals surface area contributed by atoms with Crippen molar-refractivity contribution in [3.8, 4) is 0 Å². The van der Waals surface area contributed by atoms with E-state index in [0.717, 1.165) is 19.9 Å². The molecular weight excluding hydrogens is 476 g/mol. The number of sulfonamides is 1. The molecular formula is C24H25BrN2O3S. The molecule has 0 saturated heterocycles. The van der Waals surface area contributed by atoms with Gasteiger partial charge in [-0.15, -0.1) is 0 Å². The number of hydrogen-bond donors (Lipinski definition) is 1. The van der Waals surface area contributed by atoms with Gasteiger partial charge in [-0.3, -0.25) is 9.10 Å². The van der Waals surface area contributed by atoms with Gasteiger partial charge in [0.15, 0.2) is 0 Å². The minimum absolute atomic E-state index is 0.140. The average molecular weight is 501 g/mol. The van der Waals surface area contributed by atoms with Gasteiger partial charge in [0, 0.05) is 4.47 Å². The highest BCUT2D eigenvalue weighted by molar-refractivity contribution is 9.10. The molecule has 3 aromatic carbocycles. The van der Waals surface area contributed by atoms with E-state index in [1.165, 1.54) is 0 Å². The van der Waals surface area contributed by atoms with Crippen LogP contribution in [0.4, 0.5) is 5.69 Å². The summed E-state index contributed by atoms with van der Waals surface area (Å²) in [6, 6.07) is 23.0. The van der Waals surface area contributed by atoms with Crippen LogP contribution in [0, 0.1) is 6.92 Å². The Morgan fingerprint density at radius 1 is 1.00 bits per heavy atom. The van der Waals surface area contributed by atoms with Crippen molar-refractivity contribution in [1.82, 2.24) is 5.32 Å². The number of carbonyl (C=O) groups is 1. The number of anilines is 1. The molecule has 162 valence electrons. The van der Waals surface area contributed by atoms with E-state index in [9.17, 15) is 13.2 Å². The molecule has 1 amide bonds. The molecule has 1 N–H and O–H groups in total. The Morgan fingerprint density at radius 3 is 2.29 bits per heavy atom. The van der Waals surface area contributed by atoms with Crippen LogP contribution in [0.15, 0.2) is 88.2 Å². The number of nitrogens with one attached hydrogen (secondary N) is 1. The number of halogens is 1. The summed E-state index contributed by atoms with van der Waals surface area (Å²) in [4.78, 5) is 13.1. The summed E-state index contributed by atoms with van der Waals surface area (Å²) in [5, 5.41) is 2.97. The normalized spacial score (nSPS) is 12.2. The van der Waals surface area contributed by atoms with Crippen LogP contribution in [0.2, 0.25) is 0 Å². The highest BCUT2D eigenvalue weighted by atomic mass is 79.9. The molecule has 0 unspecified atom stereocenters. The summed E-state index contributed by atoms with van der Waals surface area (Å²) >= 11 is 3.39. The van der Waals surface area contributed by atoms with Gasteiger partial charge in [-0.1, -0.05) is 76.9 Å². The first kappa shape index (κ1) is 23.0. The smallest absolute Gasteiger partial charge is 0.264 e. The maximum atomic E-state index is 13.4. The maximum absolute atomic E-state index is 13.4. The molecule has 0 fully saturated rings. The summed E-state index contributed by atoms with van der Waals surface area (Å²) < 4.78 is 28.8. The van der Waals surface area contributed by atoms with Crippen molar-refractivity contribution in [3.05, 3.63) is 94.5 Å². The summed E-state index contributed by atoms with van der Waals surface area (Å²) in [6.07, 6.45) is 0.692. The SMILES string of the molecule is CC[C@H](NC(=O)CN(c1cccc(Br)c1)S(=O)(=O)c1ccc(C)cc1)c1ccccc1. The minimum atomic E-state index is -3.94. The first-order valence-corrected chi connectivity index (χ1v) is 12.2. The molecule has 0 aromatic heterocycles. The predicted octanol–water partition coefficient (Wildman–Crippen LogP) is 5.22. The van der Waals surface area contributed by atoms with Crippen LogP contribution < -0.4 is 9.62 Å². The lowest BCUT2D eigenvalue weighted by Gasteiger charge is -2.26. The molecule has 0 bridgehead atoms. The van der Waals surface area contributed by atoms with E-state index in [1.54, 1.807) is 42.5 Å². The Labute approximate surface area is 192 Å². The largest absolute Gasteiger partial charge is 0.348 e. The van der Waals surface area contributed by atoms with Gasteiger partial charge in [-0.25, -0.2) is 8.42 Å². The van der Waals surface area contributed by atoms with Gasteiger partial charge in [0.2, 0.25) is 5.91 Å². The lowest BCUT2D eigenvalue weighted by atomic mass is 10.0. The standard InChI is InChI=1S/C24H25BrN2O3S/c1-3-23(19-8-5-4-6-9-19)26-24(28)17-27(21-11-7-10-20(25)16-21)31(29,30)22-14-12-18(2)13-15-22/h4-16,23H,3,17H2,1-2H3,(H,26,28)/t23-/m0/s1. The molecule has 0 saturated carbocycles. The lowest BCUT2D eigenvalue weighted by molar-refractivity contribution is -0.120. The van der Waals surface area contributed by atoms with E-state index in [2.05, 4.69) is 21.2 Å². The van der Waals surface area contributed by atoms with E-state index in [1.807, 2.05) is 50.2 Å². The molecule has 0 aliphatic rings. The van der Waals surface area contributed by atoms with Crippen LogP contribution in [-0.2, 0) is 14.8 Å². The molecule has 31 heavy (non-hydrogen) atoms. The Hall–Kier alpha value is -2.64. The molecule has 5 nitrogen and oxygen atoms in total. The lowest BCUT2D eigenvalue weighted by Crippen LogP contribution is -2.42. The molecule has 0 aliphatic carbocycles. The van der Waals surface area contributed by atoms with Crippen LogP contribution in [-0.4, -0.2) is 20.9 Å². The Balaban J connectivity index is 1.91. The number of aryl methyl sites for hydroxylation is 1. The highest BCUT2D eigenvalue weighted by Gasteiger charge is 2.28. The first-order valence-electron chi connectivity index (χ1n) is 10.0. The molecule has 0 spiro atoms. The van der Waals surface area contributed by atoms with E-state index < -0.39 is 10.0 Å². The first-order chi connectivity index (χ1) is 14.8. The maximum Gasteiger partial charge on any atom is 0.264 e. The van der Waals surface area contributed by atoms with E-state index in [-0.39, 0.29) is 23.4 Å². The van der Waals surface area contributed by atoms with Gasteiger partial charge in [-0.2, -0.15) is 0 Å². The van der Waals surface area contributed by atoms with Crippen LogP contribution >= 0.6 is 15.9 Å². The molecule has 0 aliphatic heterocycles. The van der Waals surface area contributed by atoms with Crippen molar-refractivity contribution in [2.24, 2.45) is 0 Å². The minimum Gasteiger partial charge on any atom is -0.348 e. The summed E-state index contributed by atoms with van der Waals surface area (Å²) in [5.41, 5.74) is 2.35. The van der Waals surface area contributed by atoms with Gasteiger partial charge >= 0.3 is 0 Å². The molecule has 7 heteroatoms. The fourth-order valence-corrected chi connectivity index (χ4v) is 5.06. The average Bonchev–Trinajstić information content (AvgIpc) is 2.76. The van der Waals surface area contributed by atoms with E-state index in [0.29, 0.717) is 12.1 Å². The Kier molecular flexibility index (Phi) is 7.51. The monoisotopic (exact) mass is 500 g/mol. The summed E-state index contributed by atoms with van der Waals surface area (Å²) in [7, 11) is -3.94. The third kappa shape index (κ3) is 5.74. The van der Waals surface area contributed by atoms with Gasteiger partial charge in [-0.05, 0) is 49.2 Å². The van der Waals surface area contributed by atoms with Crippen molar-refractivity contribution < 1.29 is 13.2 Å². The second kappa shape index (κ2) is 10.1. The molecule has 0 radical (unpaired) electrons. The summed E-state index contributed by atoms with van der Waals surface area (Å²) in [6.45, 7) is 3.55. The zero-order valence-corrected chi connectivity index (χ0v) is 19.9. The van der Waals surface area contributed by atoms with Gasteiger partial charge < -0.3 is 5.32 Å². The highest BCUT2D eigenvalue weighted by Crippen LogP contribution is 2.27. The summed E-state index contributed by atoms with van der Waals surface area (Å²) in [5.74, 6) is -0.369. The third-order valence-electron chi connectivity index (χ3n) is 4.94. The number of rotatable bonds is 8. The van der Waals surface area contributed by atoms with E-state index in [4.69, 9.17) is 0 Å². The second-order valence-corrected chi connectivity index (χ2v) is 10.0. The van der Waals surface area contributed by atoms with Gasteiger partial charge in [0.25, 0.3) is 10.0 Å². The van der Waals surface area contributed by atoms with Crippen molar-refractivity contribution in [1.29, 1.82) is 0 Å². The fourth-order valence-electron chi connectivity index (χ4n) is 3.26.